The van der Waals surface area contributed by atoms with E-state index in [4.69, 9.17) is 14.9 Å². The van der Waals surface area contributed by atoms with E-state index in [1.807, 2.05) is 29.1 Å². The van der Waals surface area contributed by atoms with Gasteiger partial charge in [-0.25, -0.2) is 9.59 Å². The number of aromatic nitrogens is 2. The molecule has 1 saturated heterocycles. The predicted octanol–water partition coefficient (Wildman–Crippen LogP) is 2.42. The molecule has 10 nitrogen and oxygen atoms in total. The van der Waals surface area contributed by atoms with Gasteiger partial charge in [-0.1, -0.05) is 12.1 Å². The highest BCUT2D eigenvalue weighted by molar-refractivity contribution is 6.05. The smallest absolute Gasteiger partial charge is 0.328 e. The monoisotopic (exact) mass is 474 g/mol. The van der Waals surface area contributed by atoms with Crippen LogP contribution in [0.15, 0.2) is 36.5 Å². The fourth-order valence-corrected chi connectivity index (χ4v) is 3.62. The zero-order valence-electron chi connectivity index (χ0n) is 19.9. The fourth-order valence-electron chi connectivity index (χ4n) is 3.62. The standard InChI is InChI=1S/C20H30N4O2.C4H4O4/c1-15(2)24-14-17-5-4-6-18(19(17)22-24)20(25)21-13-16-7-9-23(10-8-16)11-12-26-3;5-3(6)1-2-4(7)8/h4-6,14-16H,7-13H2,1-3H3,(H,21,25);1-2H,(H,5,6)(H,7,8). The Hall–Kier alpha value is -3.24. The molecule has 0 atom stereocenters. The van der Waals surface area contributed by atoms with Gasteiger partial charge >= 0.3 is 11.9 Å². The molecule has 1 aliphatic heterocycles. The number of hydrogen-bond donors (Lipinski definition) is 3. The molecule has 2 heterocycles. The molecule has 1 aliphatic rings. The number of rotatable bonds is 9. The average Bonchev–Trinajstić information content (AvgIpc) is 3.26. The minimum Gasteiger partial charge on any atom is -0.478 e. The molecule has 1 fully saturated rings. The second-order valence-electron chi connectivity index (χ2n) is 8.44. The SMILES string of the molecule is COCCN1CCC(CNC(=O)c2cccc3cn(C(C)C)nc23)CC1.O=C(O)C=CC(=O)O. The zero-order valence-corrected chi connectivity index (χ0v) is 19.9. The van der Waals surface area contributed by atoms with E-state index in [0.29, 0.717) is 23.6 Å². The zero-order chi connectivity index (χ0) is 25.1. The summed E-state index contributed by atoms with van der Waals surface area (Å²) in [7, 11) is 1.74. The molecular weight excluding hydrogens is 440 g/mol. The molecule has 10 heteroatoms. The molecule has 0 saturated carbocycles. The number of nitrogens with zero attached hydrogens (tertiary/aromatic N) is 3. The number of ether oxygens (including phenoxy) is 1. The predicted molar refractivity (Wildman–Crippen MR) is 128 cm³/mol. The Balaban J connectivity index is 0.000000440. The summed E-state index contributed by atoms with van der Waals surface area (Å²) in [5.41, 5.74) is 1.45. The van der Waals surface area contributed by atoms with Gasteiger partial charge in [0.1, 0.15) is 5.52 Å². The van der Waals surface area contributed by atoms with Gasteiger partial charge in [-0.2, -0.15) is 5.10 Å². The second-order valence-corrected chi connectivity index (χ2v) is 8.44. The van der Waals surface area contributed by atoms with E-state index < -0.39 is 11.9 Å². The summed E-state index contributed by atoms with van der Waals surface area (Å²) in [6.07, 6.45) is 5.36. The third-order valence-corrected chi connectivity index (χ3v) is 5.57. The van der Waals surface area contributed by atoms with Crippen molar-refractivity contribution in [1.82, 2.24) is 20.0 Å². The lowest BCUT2D eigenvalue weighted by molar-refractivity contribution is -0.134. The number of carboxylic acid groups (broad SMARTS) is 2. The molecule has 34 heavy (non-hydrogen) atoms. The Bertz CT molecular complexity index is 977. The largest absolute Gasteiger partial charge is 0.478 e. The molecule has 3 N–H and O–H groups in total. The van der Waals surface area contributed by atoms with Crippen molar-refractivity contribution >= 4 is 28.7 Å². The Labute approximate surface area is 199 Å². The van der Waals surface area contributed by atoms with Crippen LogP contribution < -0.4 is 5.32 Å². The molecular formula is C24H34N4O6. The first kappa shape index (κ1) is 27.0. The lowest BCUT2D eigenvalue weighted by Crippen LogP contribution is -2.39. The highest BCUT2D eigenvalue weighted by Gasteiger charge is 2.20. The number of carboxylic acids is 2. The number of amides is 1. The number of carbonyl (C=O) groups is 3. The third kappa shape index (κ3) is 8.60. The molecule has 1 aromatic heterocycles. The maximum absolute atomic E-state index is 12.7. The van der Waals surface area contributed by atoms with E-state index in [1.165, 1.54) is 0 Å². The van der Waals surface area contributed by atoms with Crippen molar-refractivity contribution in [3.05, 3.63) is 42.1 Å². The lowest BCUT2D eigenvalue weighted by atomic mass is 9.96. The van der Waals surface area contributed by atoms with Crippen LogP contribution in [-0.4, -0.2) is 82.6 Å². The van der Waals surface area contributed by atoms with Crippen molar-refractivity contribution in [2.45, 2.75) is 32.7 Å². The van der Waals surface area contributed by atoms with Crippen LogP contribution in [0.3, 0.4) is 0 Å². The highest BCUT2D eigenvalue weighted by Crippen LogP contribution is 2.20. The van der Waals surface area contributed by atoms with Crippen LogP contribution in [0.5, 0.6) is 0 Å². The van der Waals surface area contributed by atoms with E-state index >= 15 is 0 Å². The Kier molecular flexibility index (Phi) is 10.7. The van der Waals surface area contributed by atoms with Crippen LogP contribution in [-0.2, 0) is 14.3 Å². The molecule has 0 spiro atoms. The summed E-state index contributed by atoms with van der Waals surface area (Å²) in [5, 5.41) is 24.4. The van der Waals surface area contributed by atoms with E-state index in [0.717, 1.165) is 56.5 Å². The maximum Gasteiger partial charge on any atom is 0.328 e. The molecule has 0 aliphatic carbocycles. The summed E-state index contributed by atoms with van der Waals surface area (Å²) >= 11 is 0. The van der Waals surface area contributed by atoms with Gasteiger partial charge in [0, 0.05) is 50.0 Å². The summed E-state index contributed by atoms with van der Waals surface area (Å²) in [4.78, 5) is 34.2. The molecule has 0 radical (unpaired) electrons. The number of benzene rings is 1. The van der Waals surface area contributed by atoms with Crippen molar-refractivity contribution in [2.75, 3.05) is 39.9 Å². The second kappa shape index (κ2) is 13.5. The van der Waals surface area contributed by atoms with E-state index in [-0.39, 0.29) is 11.9 Å². The number of nitrogens with one attached hydrogen (secondary N) is 1. The first-order chi connectivity index (χ1) is 16.2. The molecule has 1 amide bonds. The van der Waals surface area contributed by atoms with E-state index in [9.17, 15) is 14.4 Å². The van der Waals surface area contributed by atoms with Gasteiger partial charge in [-0.15, -0.1) is 0 Å². The Morgan fingerprint density at radius 2 is 1.82 bits per heavy atom. The number of piperidine rings is 1. The summed E-state index contributed by atoms with van der Waals surface area (Å²) in [5.74, 6) is -1.99. The van der Waals surface area contributed by atoms with Crippen molar-refractivity contribution in [3.63, 3.8) is 0 Å². The number of likely N-dealkylation sites (tertiary alicyclic amines) is 1. The number of aliphatic carboxylic acids is 2. The summed E-state index contributed by atoms with van der Waals surface area (Å²) in [6.45, 7) is 8.86. The summed E-state index contributed by atoms with van der Waals surface area (Å²) in [6, 6.07) is 6.08. The molecule has 1 aromatic carbocycles. The molecule has 2 aromatic rings. The van der Waals surface area contributed by atoms with Crippen LogP contribution >= 0.6 is 0 Å². The first-order valence-electron chi connectivity index (χ1n) is 11.3. The highest BCUT2D eigenvalue weighted by atomic mass is 16.5. The van der Waals surface area contributed by atoms with Gasteiger partial charge < -0.3 is 25.2 Å². The summed E-state index contributed by atoms with van der Waals surface area (Å²) < 4.78 is 7.06. The number of fused-ring (bicyclic) bond motifs is 1. The van der Waals surface area contributed by atoms with Gasteiger partial charge in [-0.05, 0) is 51.8 Å². The third-order valence-electron chi connectivity index (χ3n) is 5.57. The van der Waals surface area contributed by atoms with Gasteiger partial charge in [0.2, 0.25) is 0 Å². The van der Waals surface area contributed by atoms with Crippen LogP contribution in [0, 0.1) is 5.92 Å². The molecule has 186 valence electrons. The Morgan fingerprint density at radius 1 is 1.18 bits per heavy atom. The normalized spacial score (nSPS) is 14.8. The maximum atomic E-state index is 12.7. The lowest BCUT2D eigenvalue weighted by Gasteiger charge is -2.31. The van der Waals surface area contributed by atoms with Crippen LogP contribution in [0.4, 0.5) is 0 Å². The average molecular weight is 475 g/mol. The van der Waals surface area contributed by atoms with Gasteiger partial charge in [0.05, 0.1) is 12.2 Å². The van der Waals surface area contributed by atoms with Crippen molar-refractivity contribution in [2.24, 2.45) is 5.92 Å². The van der Waals surface area contributed by atoms with E-state index in [2.05, 4.69) is 29.2 Å². The number of hydrogen-bond acceptors (Lipinski definition) is 6. The number of carbonyl (C=O) groups excluding carboxylic acids is 1. The molecule has 0 bridgehead atoms. The minimum absolute atomic E-state index is 0.0218. The first-order valence-corrected chi connectivity index (χ1v) is 11.3. The van der Waals surface area contributed by atoms with Crippen LogP contribution in [0.25, 0.3) is 10.9 Å². The van der Waals surface area contributed by atoms with Crippen LogP contribution in [0.1, 0.15) is 43.1 Å². The Morgan fingerprint density at radius 3 is 2.38 bits per heavy atom. The van der Waals surface area contributed by atoms with Crippen molar-refractivity contribution in [3.8, 4) is 0 Å². The van der Waals surface area contributed by atoms with Crippen molar-refractivity contribution < 1.29 is 29.3 Å². The quantitative estimate of drug-likeness (QED) is 0.472. The fraction of sp³-hybridized carbons (Fsp3) is 0.500. The van der Waals surface area contributed by atoms with Crippen molar-refractivity contribution in [1.29, 1.82) is 0 Å². The minimum atomic E-state index is -1.26. The van der Waals surface area contributed by atoms with E-state index in [1.54, 1.807) is 7.11 Å². The van der Waals surface area contributed by atoms with Gasteiger partial charge in [0.15, 0.2) is 0 Å². The van der Waals surface area contributed by atoms with Gasteiger partial charge in [0.25, 0.3) is 5.91 Å². The number of methoxy groups -OCH3 is 1. The molecule has 0 unspecified atom stereocenters. The van der Waals surface area contributed by atoms with Gasteiger partial charge in [-0.3, -0.25) is 9.48 Å². The van der Waals surface area contributed by atoms with Crippen LogP contribution in [0.2, 0.25) is 0 Å². The topological polar surface area (TPSA) is 134 Å². The molecule has 3 rings (SSSR count).